The van der Waals surface area contributed by atoms with E-state index >= 15 is 0 Å². The smallest absolute Gasteiger partial charge is 0.335 e. The molecule has 0 spiro atoms. The quantitative estimate of drug-likeness (QED) is 0.895. The molecule has 134 valence electrons. The summed E-state index contributed by atoms with van der Waals surface area (Å²) in [6.45, 7) is 0.582. The maximum absolute atomic E-state index is 12.7. The van der Waals surface area contributed by atoms with Crippen LogP contribution in [0.3, 0.4) is 0 Å². The highest BCUT2D eigenvalue weighted by atomic mass is 16.4. The molecule has 6 nitrogen and oxygen atoms in total. The maximum atomic E-state index is 12.7. The van der Waals surface area contributed by atoms with Gasteiger partial charge in [-0.25, -0.2) is 4.79 Å². The SMILES string of the molecule is CN(C(=O)Cc1ccc(C(=O)O)cc1)C1CCN(c2ccccc2)C1=O. The van der Waals surface area contributed by atoms with Crippen LogP contribution in [0.5, 0.6) is 0 Å². The Hall–Kier alpha value is -3.15. The predicted octanol–water partition coefficient (Wildman–Crippen LogP) is 2.19. The first kappa shape index (κ1) is 17.7. The molecule has 0 saturated carbocycles. The van der Waals surface area contributed by atoms with Crippen LogP contribution in [0.1, 0.15) is 22.3 Å². The molecule has 0 radical (unpaired) electrons. The Morgan fingerprint density at radius 2 is 1.77 bits per heavy atom. The summed E-state index contributed by atoms with van der Waals surface area (Å²) in [5, 5.41) is 8.92. The number of benzene rings is 2. The van der Waals surface area contributed by atoms with Crippen molar-refractivity contribution in [2.24, 2.45) is 0 Å². The number of aromatic carboxylic acids is 1. The van der Waals surface area contributed by atoms with Crippen LogP contribution in [0.15, 0.2) is 54.6 Å². The van der Waals surface area contributed by atoms with Crippen LogP contribution in [0, 0.1) is 0 Å². The minimum absolute atomic E-state index is 0.0757. The van der Waals surface area contributed by atoms with Gasteiger partial charge in [-0.15, -0.1) is 0 Å². The van der Waals surface area contributed by atoms with Gasteiger partial charge in [0.25, 0.3) is 0 Å². The largest absolute Gasteiger partial charge is 0.478 e. The molecular formula is C20H20N2O4. The Morgan fingerprint density at radius 3 is 2.38 bits per heavy atom. The lowest BCUT2D eigenvalue weighted by Gasteiger charge is -2.24. The molecule has 6 heteroatoms. The molecule has 2 aromatic carbocycles. The van der Waals surface area contributed by atoms with Gasteiger partial charge in [-0.1, -0.05) is 30.3 Å². The molecule has 1 N–H and O–H groups in total. The molecule has 26 heavy (non-hydrogen) atoms. The summed E-state index contributed by atoms with van der Waals surface area (Å²) in [7, 11) is 1.64. The van der Waals surface area contributed by atoms with E-state index in [0.717, 1.165) is 11.3 Å². The average molecular weight is 352 g/mol. The first-order valence-electron chi connectivity index (χ1n) is 8.41. The van der Waals surface area contributed by atoms with E-state index in [1.807, 2.05) is 30.3 Å². The van der Waals surface area contributed by atoms with Crippen molar-refractivity contribution in [2.75, 3.05) is 18.5 Å². The first-order chi connectivity index (χ1) is 12.5. The minimum Gasteiger partial charge on any atom is -0.478 e. The third kappa shape index (κ3) is 3.59. The van der Waals surface area contributed by atoms with Gasteiger partial charge in [-0.05, 0) is 36.2 Å². The Labute approximate surface area is 151 Å². The number of carboxylic acids is 1. The predicted molar refractivity (Wildman–Crippen MR) is 97.1 cm³/mol. The van der Waals surface area contributed by atoms with Crippen molar-refractivity contribution in [3.05, 3.63) is 65.7 Å². The second kappa shape index (κ2) is 7.39. The van der Waals surface area contributed by atoms with Gasteiger partial charge in [0.15, 0.2) is 0 Å². The molecule has 3 rings (SSSR count). The summed E-state index contributed by atoms with van der Waals surface area (Å²) in [5.74, 6) is -1.24. The van der Waals surface area contributed by atoms with Gasteiger partial charge in [0.2, 0.25) is 11.8 Å². The van der Waals surface area contributed by atoms with Gasteiger partial charge < -0.3 is 14.9 Å². The summed E-state index contributed by atoms with van der Waals surface area (Å²) in [6.07, 6.45) is 0.722. The van der Waals surface area contributed by atoms with Gasteiger partial charge in [-0.2, -0.15) is 0 Å². The molecule has 0 aliphatic carbocycles. The third-order valence-electron chi connectivity index (χ3n) is 4.66. The molecule has 2 amide bonds. The highest BCUT2D eigenvalue weighted by Crippen LogP contribution is 2.24. The van der Waals surface area contributed by atoms with Crippen molar-refractivity contribution < 1.29 is 19.5 Å². The van der Waals surface area contributed by atoms with E-state index in [0.29, 0.717) is 13.0 Å². The average Bonchev–Trinajstić information content (AvgIpc) is 3.03. The van der Waals surface area contributed by atoms with E-state index in [1.54, 1.807) is 24.1 Å². The monoisotopic (exact) mass is 352 g/mol. The molecule has 1 unspecified atom stereocenters. The number of carbonyl (C=O) groups excluding carboxylic acids is 2. The van der Waals surface area contributed by atoms with Crippen molar-refractivity contribution in [1.29, 1.82) is 0 Å². The second-order valence-corrected chi connectivity index (χ2v) is 6.31. The zero-order valence-corrected chi connectivity index (χ0v) is 14.5. The molecule has 1 heterocycles. The van der Waals surface area contributed by atoms with Crippen LogP contribution in [0.25, 0.3) is 0 Å². The number of carboxylic acid groups (broad SMARTS) is 1. The van der Waals surface area contributed by atoms with Gasteiger partial charge in [0.1, 0.15) is 6.04 Å². The van der Waals surface area contributed by atoms with Crippen molar-refractivity contribution in [3.8, 4) is 0 Å². The van der Waals surface area contributed by atoms with Crippen LogP contribution >= 0.6 is 0 Å². The summed E-state index contributed by atoms with van der Waals surface area (Å²) in [4.78, 5) is 39.3. The summed E-state index contributed by atoms with van der Waals surface area (Å²) in [5.41, 5.74) is 1.74. The molecule has 0 aromatic heterocycles. The van der Waals surface area contributed by atoms with Crippen molar-refractivity contribution in [2.45, 2.75) is 18.9 Å². The zero-order valence-electron chi connectivity index (χ0n) is 14.5. The van der Waals surface area contributed by atoms with E-state index in [-0.39, 0.29) is 23.8 Å². The lowest BCUT2D eigenvalue weighted by Crippen LogP contribution is -2.43. The van der Waals surface area contributed by atoms with E-state index in [9.17, 15) is 14.4 Å². The highest BCUT2D eigenvalue weighted by molar-refractivity contribution is 6.01. The van der Waals surface area contributed by atoms with Crippen molar-refractivity contribution >= 4 is 23.5 Å². The number of likely N-dealkylation sites (N-methyl/N-ethyl adjacent to an activating group) is 1. The van der Waals surface area contributed by atoms with Crippen LogP contribution in [-0.4, -0.2) is 47.4 Å². The first-order valence-corrected chi connectivity index (χ1v) is 8.41. The molecule has 0 bridgehead atoms. The third-order valence-corrected chi connectivity index (χ3v) is 4.66. The van der Waals surface area contributed by atoms with E-state index < -0.39 is 12.0 Å². The van der Waals surface area contributed by atoms with Gasteiger partial charge in [0, 0.05) is 19.3 Å². The number of rotatable bonds is 5. The van der Waals surface area contributed by atoms with Crippen LogP contribution in [0.2, 0.25) is 0 Å². The number of nitrogens with zero attached hydrogens (tertiary/aromatic N) is 2. The molecular weight excluding hydrogens is 332 g/mol. The summed E-state index contributed by atoms with van der Waals surface area (Å²) in [6, 6.07) is 15.2. The number of carbonyl (C=O) groups is 3. The summed E-state index contributed by atoms with van der Waals surface area (Å²) >= 11 is 0. The van der Waals surface area contributed by atoms with E-state index in [2.05, 4.69) is 0 Å². The number of anilines is 1. The van der Waals surface area contributed by atoms with Crippen molar-refractivity contribution in [3.63, 3.8) is 0 Å². The van der Waals surface area contributed by atoms with Crippen LogP contribution < -0.4 is 4.90 Å². The lowest BCUT2D eigenvalue weighted by molar-refractivity contribution is -0.136. The zero-order chi connectivity index (χ0) is 18.7. The fourth-order valence-corrected chi connectivity index (χ4v) is 3.13. The second-order valence-electron chi connectivity index (χ2n) is 6.31. The standard InChI is InChI=1S/C20H20N2O4/c1-21(18(23)13-14-7-9-15(10-8-14)20(25)26)17-11-12-22(19(17)24)16-5-3-2-4-6-16/h2-10,17H,11-13H2,1H3,(H,25,26). The number of hydrogen-bond acceptors (Lipinski definition) is 3. The van der Waals surface area contributed by atoms with Crippen LogP contribution in [-0.2, 0) is 16.0 Å². The number of amides is 2. The molecule has 1 saturated heterocycles. The van der Waals surface area contributed by atoms with E-state index in [4.69, 9.17) is 5.11 Å². The fraction of sp³-hybridized carbons (Fsp3) is 0.250. The Kier molecular flexibility index (Phi) is 5.02. The highest BCUT2D eigenvalue weighted by Gasteiger charge is 2.36. The van der Waals surface area contributed by atoms with Crippen molar-refractivity contribution in [1.82, 2.24) is 4.90 Å². The normalized spacial score (nSPS) is 16.6. The Bertz CT molecular complexity index is 817. The lowest BCUT2D eigenvalue weighted by atomic mass is 10.1. The van der Waals surface area contributed by atoms with Gasteiger partial charge >= 0.3 is 5.97 Å². The fourth-order valence-electron chi connectivity index (χ4n) is 3.13. The maximum Gasteiger partial charge on any atom is 0.335 e. The number of para-hydroxylation sites is 1. The van der Waals surface area contributed by atoms with Crippen LogP contribution in [0.4, 0.5) is 5.69 Å². The van der Waals surface area contributed by atoms with E-state index in [1.165, 1.54) is 17.0 Å². The molecule has 1 fully saturated rings. The minimum atomic E-state index is -1.00. The van der Waals surface area contributed by atoms with Gasteiger partial charge in [-0.3, -0.25) is 9.59 Å². The molecule has 1 aliphatic rings. The Balaban J connectivity index is 1.65. The molecule has 1 aliphatic heterocycles. The molecule has 2 aromatic rings. The Morgan fingerprint density at radius 1 is 1.12 bits per heavy atom. The summed E-state index contributed by atoms with van der Waals surface area (Å²) < 4.78 is 0. The number of hydrogen-bond donors (Lipinski definition) is 1. The molecule has 1 atom stereocenters. The topological polar surface area (TPSA) is 77.9 Å². The van der Waals surface area contributed by atoms with Gasteiger partial charge in [0.05, 0.1) is 12.0 Å².